The van der Waals surface area contributed by atoms with Gasteiger partial charge in [-0.1, -0.05) is 19.4 Å². The number of methoxy groups -OCH3 is 2. The molecule has 4 rings (SSSR count). The van der Waals surface area contributed by atoms with E-state index in [0.717, 1.165) is 25.2 Å². The van der Waals surface area contributed by atoms with Gasteiger partial charge in [0.1, 0.15) is 5.54 Å². The lowest BCUT2D eigenvalue weighted by atomic mass is 9.72. The minimum atomic E-state index is -0.763. The van der Waals surface area contributed by atoms with Crippen molar-refractivity contribution in [2.24, 2.45) is 11.8 Å². The number of anilines is 1. The fourth-order valence-corrected chi connectivity index (χ4v) is 5.64. The maximum atomic E-state index is 13.6. The minimum absolute atomic E-state index is 0.00816. The number of piperidine rings is 1. The van der Waals surface area contributed by atoms with Gasteiger partial charge in [-0.3, -0.25) is 9.69 Å². The summed E-state index contributed by atoms with van der Waals surface area (Å²) in [6.07, 6.45) is 3.74. The Hall–Kier alpha value is -2.85. The van der Waals surface area contributed by atoms with Crippen LogP contribution in [0.2, 0.25) is 0 Å². The molecule has 0 amide bonds. The molecule has 2 saturated heterocycles. The van der Waals surface area contributed by atoms with Crippen molar-refractivity contribution in [1.29, 1.82) is 5.26 Å². The Bertz CT molecular complexity index is 950. The molecule has 0 bridgehead atoms. The average Bonchev–Trinajstić information content (AvgIpc) is 3.28. The zero-order valence-electron chi connectivity index (χ0n) is 17.6. The molecule has 1 aromatic carbocycles. The van der Waals surface area contributed by atoms with Gasteiger partial charge in [-0.15, -0.1) is 0 Å². The van der Waals surface area contributed by atoms with Gasteiger partial charge >= 0.3 is 5.97 Å². The van der Waals surface area contributed by atoms with Crippen LogP contribution in [0, 0.1) is 23.2 Å². The van der Waals surface area contributed by atoms with Crippen molar-refractivity contribution in [3.05, 3.63) is 41.2 Å². The Morgan fingerprint density at radius 3 is 2.90 bits per heavy atom. The van der Waals surface area contributed by atoms with Crippen molar-refractivity contribution >= 4 is 17.4 Å². The fourth-order valence-electron chi connectivity index (χ4n) is 5.64. The third-order valence-corrected chi connectivity index (χ3v) is 7.08. The number of hydrogen-bond donors (Lipinski definition) is 1. The van der Waals surface area contributed by atoms with Crippen molar-refractivity contribution in [3.63, 3.8) is 0 Å². The lowest BCUT2D eigenvalue weighted by Gasteiger charge is -2.45. The SMILES string of the molecule is CC[C@@H]1CN2CC[C@]3(Nc4cccc(C#N)c4C3=O)C2C[C@@H]1/C(=C\OC)C(=O)OC. The van der Waals surface area contributed by atoms with Crippen molar-refractivity contribution < 1.29 is 19.1 Å². The molecule has 3 aliphatic rings. The molecule has 1 spiro atoms. The number of ketones is 1. The number of carbonyl (C=O) groups is 2. The van der Waals surface area contributed by atoms with E-state index in [9.17, 15) is 14.9 Å². The highest BCUT2D eigenvalue weighted by molar-refractivity contribution is 6.15. The Kier molecular flexibility index (Phi) is 5.29. The second-order valence-electron chi connectivity index (χ2n) is 8.34. The molecule has 0 aromatic heterocycles. The van der Waals surface area contributed by atoms with E-state index in [-0.39, 0.29) is 29.6 Å². The monoisotopic (exact) mass is 409 g/mol. The number of nitrogens with one attached hydrogen (secondary N) is 1. The summed E-state index contributed by atoms with van der Waals surface area (Å²) in [5.74, 6) is -0.189. The van der Waals surface area contributed by atoms with Crippen LogP contribution in [-0.2, 0) is 14.3 Å². The van der Waals surface area contributed by atoms with Crippen LogP contribution in [0.1, 0.15) is 42.1 Å². The maximum Gasteiger partial charge on any atom is 0.337 e. The molecule has 3 aliphatic heterocycles. The molecule has 1 N–H and O–H groups in total. The first-order valence-electron chi connectivity index (χ1n) is 10.4. The highest BCUT2D eigenvalue weighted by Gasteiger charge is 2.59. The molecule has 1 aromatic rings. The molecule has 1 unspecified atom stereocenters. The topological polar surface area (TPSA) is 91.7 Å². The summed E-state index contributed by atoms with van der Waals surface area (Å²) < 4.78 is 10.2. The van der Waals surface area contributed by atoms with Crippen LogP contribution >= 0.6 is 0 Å². The molecule has 3 heterocycles. The lowest BCUT2D eigenvalue weighted by Crippen LogP contribution is -2.57. The predicted molar refractivity (Wildman–Crippen MR) is 111 cm³/mol. The number of ether oxygens (including phenoxy) is 2. The molecular formula is C23H27N3O4. The molecule has 158 valence electrons. The number of carbonyl (C=O) groups excluding carboxylic acids is 2. The summed E-state index contributed by atoms with van der Waals surface area (Å²) in [6, 6.07) is 7.45. The Balaban J connectivity index is 1.71. The van der Waals surface area contributed by atoms with E-state index in [2.05, 4.69) is 23.2 Å². The van der Waals surface area contributed by atoms with Gasteiger partial charge < -0.3 is 14.8 Å². The first kappa shape index (κ1) is 20.4. The fraction of sp³-hybridized carbons (Fsp3) is 0.522. The second kappa shape index (κ2) is 7.77. The summed E-state index contributed by atoms with van der Waals surface area (Å²) in [5.41, 5.74) is 1.40. The molecule has 4 atom stereocenters. The van der Waals surface area contributed by atoms with Gasteiger partial charge in [-0.25, -0.2) is 4.79 Å². The van der Waals surface area contributed by atoms with Gasteiger partial charge in [0.05, 0.1) is 43.3 Å². The maximum absolute atomic E-state index is 13.6. The molecule has 7 heteroatoms. The highest BCUT2D eigenvalue weighted by atomic mass is 16.5. The zero-order chi connectivity index (χ0) is 21.5. The molecule has 7 nitrogen and oxygen atoms in total. The molecule has 0 aliphatic carbocycles. The molecule has 30 heavy (non-hydrogen) atoms. The molecular weight excluding hydrogens is 382 g/mol. The smallest absolute Gasteiger partial charge is 0.337 e. The van der Waals surface area contributed by atoms with Crippen molar-refractivity contribution in [2.75, 3.05) is 32.6 Å². The summed E-state index contributed by atoms with van der Waals surface area (Å²) in [7, 11) is 2.90. The Morgan fingerprint density at radius 2 is 2.23 bits per heavy atom. The Morgan fingerprint density at radius 1 is 1.43 bits per heavy atom. The first-order valence-corrected chi connectivity index (χ1v) is 10.4. The van der Waals surface area contributed by atoms with Crippen LogP contribution in [0.3, 0.4) is 0 Å². The summed E-state index contributed by atoms with van der Waals surface area (Å²) >= 11 is 0. The van der Waals surface area contributed by atoms with E-state index in [1.165, 1.54) is 20.5 Å². The summed E-state index contributed by atoms with van der Waals surface area (Å²) in [4.78, 5) is 28.5. The first-order chi connectivity index (χ1) is 14.5. The van der Waals surface area contributed by atoms with E-state index >= 15 is 0 Å². The summed E-state index contributed by atoms with van der Waals surface area (Å²) in [6.45, 7) is 3.74. The largest absolute Gasteiger partial charge is 0.504 e. The number of Topliss-reactive ketones (excluding diaryl/α,β-unsaturated/α-hetero) is 1. The third kappa shape index (κ3) is 2.90. The van der Waals surface area contributed by atoms with Gasteiger partial charge in [0.15, 0.2) is 5.78 Å². The average molecular weight is 409 g/mol. The molecule has 0 saturated carbocycles. The number of nitriles is 1. The molecule has 2 fully saturated rings. The second-order valence-corrected chi connectivity index (χ2v) is 8.34. The van der Waals surface area contributed by atoms with Crippen LogP contribution < -0.4 is 5.32 Å². The van der Waals surface area contributed by atoms with E-state index < -0.39 is 5.54 Å². The van der Waals surface area contributed by atoms with Crippen molar-refractivity contribution in [1.82, 2.24) is 4.90 Å². The van der Waals surface area contributed by atoms with E-state index in [1.807, 2.05) is 6.07 Å². The van der Waals surface area contributed by atoms with Gasteiger partial charge in [0.2, 0.25) is 0 Å². The number of rotatable bonds is 4. The van der Waals surface area contributed by atoms with Crippen LogP contribution in [0.4, 0.5) is 5.69 Å². The number of fused-ring (bicyclic) bond motifs is 3. The van der Waals surface area contributed by atoms with Crippen LogP contribution in [-0.4, -0.2) is 55.5 Å². The number of hydrogen-bond acceptors (Lipinski definition) is 7. The number of esters is 1. The van der Waals surface area contributed by atoms with Gasteiger partial charge in [0.25, 0.3) is 0 Å². The Labute approximate surface area is 176 Å². The quantitative estimate of drug-likeness (QED) is 0.464. The van der Waals surface area contributed by atoms with Crippen LogP contribution in [0.5, 0.6) is 0 Å². The van der Waals surface area contributed by atoms with E-state index in [4.69, 9.17) is 9.47 Å². The van der Waals surface area contributed by atoms with Gasteiger partial charge in [0, 0.05) is 24.8 Å². The van der Waals surface area contributed by atoms with Crippen molar-refractivity contribution in [2.45, 2.75) is 37.8 Å². The van der Waals surface area contributed by atoms with Crippen LogP contribution in [0.25, 0.3) is 0 Å². The van der Waals surface area contributed by atoms with E-state index in [0.29, 0.717) is 29.5 Å². The van der Waals surface area contributed by atoms with Gasteiger partial charge in [-0.2, -0.15) is 5.26 Å². The molecule has 0 radical (unpaired) electrons. The normalized spacial score (nSPS) is 30.4. The predicted octanol–water partition coefficient (Wildman–Crippen LogP) is 2.73. The summed E-state index contributed by atoms with van der Waals surface area (Å²) in [5, 5.41) is 13.0. The van der Waals surface area contributed by atoms with E-state index in [1.54, 1.807) is 12.1 Å². The van der Waals surface area contributed by atoms with Crippen molar-refractivity contribution in [3.8, 4) is 6.07 Å². The third-order valence-electron chi connectivity index (χ3n) is 7.08. The lowest BCUT2D eigenvalue weighted by molar-refractivity contribution is -0.137. The highest BCUT2D eigenvalue weighted by Crippen LogP contribution is 2.49. The number of benzene rings is 1. The van der Waals surface area contributed by atoms with Crippen LogP contribution in [0.15, 0.2) is 30.0 Å². The van der Waals surface area contributed by atoms with Gasteiger partial charge in [-0.05, 0) is 36.8 Å². The number of nitrogens with zero attached hydrogens (tertiary/aromatic N) is 2. The standard InChI is InChI=1S/C23H27N3O4/c1-4-14-12-26-9-8-23(19(26)10-16(14)17(13-29-2)22(28)30-3)21(27)20-15(11-24)6-5-7-18(20)25-23/h5-7,13-14,16,19,25H,4,8-10,12H2,1-3H3/b17-13+/t14-,16+,19?,23+/m1/s1. The zero-order valence-corrected chi connectivity index (χ0v) is 17.6. The minimum Gasteiger partial charge on any atom is -0.504 e.